The number of likely N-dealkylation sites (tertiary alicyclic amines) is 1. The summed E-state index contributed by atoms with van der Waals surface area (Å²) in [4.78, 5) is 2.49. The van der Waals surface area contributed by atoms with Crippen LogP contribution in [0.3, 0.4) is 0 Å². The number of hydrogen-bond acceptors (Lipinski definition) is 4. The highest BCUT2D eigenvalue weighted by Crippen LogP contribution is 2.42. The van der Waals surface area contributed by atoms with Crippen molar-refractivity contribution >= 4 is 12.4 Å². The predicted molar refractivity (Wildman–Crippen MR) is 123 cm³/mol. The van der Waals surface area contributed by atoms with Crippen LogP contribution in [0.1, 0.15) is 28.2 Å². The SMILES string of the molecule is Cl.N#Cc1ccc2c(c1)C1CN(Cc3ccc(OCc4ccccc4)cc3)CC1CO2. The maximum absolute atomic E-state index is 9.24. The molecule has 0 saturated carbocycles. The van der Waals surface area contributed by atoms with E-state index in [1.54, 1.807) is 0 Å². The average molecular weight is 433 g/mol. The summed E-state index contributed by atoms with van der Waals surface area (Å²) in [5.74, 6) is 2.76. The smallest absolute Gasteiger partial charge is 0.122 e. The Bertz CT molecular complexity index is 1060. The number of benzene rings is 3. The fourth-order valence-corrected chi connectivity index (χ4v) is 4.54. The van der Waals surface area contributed by atoms with E-state index in [1.807, 2.05) is 36.4 Å². The number of fused-ring (bicyclic) bond motifs is 3. The van der Waals surface area contributed by atoms with Crippen LogP contribution < -0.4 is 9.47 Å². The molecule has 5 rings (SSSR count). The summed E-state index contributed by atoms with van der Waals surface area (Å²) in [7, 11) is 0. The monoisotopic (exact) mass is 432 g/mol. The van der Waals surface area contributed by atoms with Gasteiger partial charge < -0.3 is 9.47 Å². The second-order valence-electron chi connectivity index (χ2n) is 8.15. The molecular formula is C26H25ClN2O2. The van der Waals surface area contributed by atoms with Crippen molar-refractivity contribution < 1.29 is 9.47 Å². The van der Waals surface area contributed by atoms with E-state index in [0.29, 0.717) is 24.0 Å². The normalized spacial score (nSPS) is 19.3. The van der Waals surface area contributed by atoms with Crippen molar-refractivity contribution in [2.45, 2.75) is 19.1 Å². The lowest BCUT2D eigenvalue weighted by Crippen LogP contribution is -2.25. The summed E-state index contributed by atoms with van der Waals surface area (Å²) in [6, 6.07) is 26.7. The molecule has 0 spiro atoms. The van der Waals surface area contributed by atoms with Crippen LogP contribution in [0.25, 0.3) is 0 Å². The van der Waals surface area contributed by atoms with Gasteiger partial charge in [0.25, 0.3) is 0 Å². The van der Waals surface area contributed by atoms with E-state index in [9.17, 15) is 5.26 Å². The van der Waals surface area contributed by atoms with Gasteiger partial charge in [-0.2, -0.15) is 5.26 Å². The molecule has 0 N–H and O–H groups in total. The molecule has 31 heavy (non-hydrogen) atoms. The molecule has 0 amide bonds. The summed E-state index contributed by atoms with van der Waals surface area (Å²) >= 11 is 0. The highest BCUT2D eigenvalue weighted by Gasteiger charge is 2.38. The Morgan fingerprint density at radius 2 is 1.77 bits per heavy atom. The maximum atomic E-state index is 9.24. The molecule has 5 heteroatoms. The first-order chi connectivity index (χ1) is 14.8. The summed E-state index contributed by atoms with van der Waals surface area (Å²) in [5.41, 5.74) is 4.36. The fourth-order valence-electron chi connectivity index (χ4n) is 4.54. The molecular weight excluding hydrogens is 408 g/mol. The fraction of sp³-hybridized carbons (Fsp3) is 0.269. The number of nitriles is 1. The molecule has 0 bridgehead atoms. The topological polar surface area (TPSA) is 45.5 Å². The maximum Gasteiger partial charge on any atom is 0.122 e. The lowest BCUT2D eigenvalue weighted by Gasteiger charge is -2.27. The molecule has 2 atom stereocenters. The summed E-state index contributed by atoms with van der Waals surface area (Å²) < 4.78 is 11.9. The second kappa shape index (κ2) is 9.43. The van der Waals surface area contributed by atoms with Crippen molar-refractivity contribution in [2.24, 2.45) is 5.92 Å². The van der Waals surface area contributed by atoms with Crippen LogP contribution >= 0.6 is 12.4 Å². The summed E-state index contributed by atoms with van der Waals surface area (Å²) in [5, 5.41) is 9.24. The van der Waals surface area contributed by atoms with Gasteiger partial charge in [0.15, 0.2) is 0 Å². The lowest BCUT2D eigenvalue weighted by atomic mass is 9.86. The largest absolute Gasteiger partial charge is 0.493 e. The van der Waals surface area contributed by atoms with Crippen molar-refractivity contribution in [3.8, 4) is 17.6 Å². The van der Waals surface area contributed by atoms with Gasteiger partial charge >= 0.3 is 0 Å². The van der Waals surface area contributed by atoms with Gasteiger partial charge in [0, 0.05) is 37.0 Å². The van der Waals surface area contributed by atoms with Gasteiger partial charge in [-0.05, 0) is 41.5 Å². The van der Waals surface area contributed by atoms with Gasteiger partial charge in [-0.15, -0.1) is 12.4 Å². The number of nitrogens with zero attached hydrogens (tertiary/aromatic N) is 2. The summed E-state index contributed by atoms with van der Waals surface area (Å²) in [6.07, 6.45) is 0. The van der Waals surface area contributed by atoms with Crippen LogP contribution in [0.5, 0.6) is 11.5 Å². The van der Waals surface area contributed by atoms with Gasteiger partial charge in [-0.25, -0.2) is 0 Å². The molecule has 2 unspecified atom stereocenters. The Labute approximate surface area is 189 Å². The number of halogens is 1. The second-order valence-corrected chi connectivity index (χ2v) is 8.15. The van der Waals surface area contributed by atoms with Crippen LogP contribution in [0.2, 0.25) is 0 Å². The van der Waals surface area contributed by atoms with E-state index in [1.165, 1.54) is 16.7 Å². The number of hydrogen-bond donors (Lipinski definition) is 0. The molecule has 3 aromatic carbocycles. The molecule has 1 fully saturated rings. The minimum Gasteiger partial charge on any atom is -0.493 e. The Balaban J connectivity index is 0.00000231. The minimum absolute atomic E-state index is 0. The zero-order valence-corrected chi connectivity index (χ0v) is 18.1. The van der Waals surface area contributed by atoms with Crippen LogP contribution in [0.15, 0.2) is 72.8 Å². The predicted octanol–water partition coefficient (Wildman–Crippen LogP) is 5.17. The molecule has 3 aromatic rings. The molecule has 0 radical (unpaired) electrons. The molecule has 0 aromatic heterocycles. The first-order valence-electron chi connectivity index (χ1n) is 10.4. The number of ether oxygens (including phenoxy) is 2. The van der Waals surface area contributed by atoms with Gasteiger partial charge in [-0.3, -0.25) is 4.90 Å². The van der Waals surface area contributed by atoms with E-state index < -0.39 is 0 Å². The molecule has 4 nitrogen and oxygen atoms in total. The minimum atomic E-state index is 0. The zero-order chi connectivity index (χ0) is 20.3. The van der Waals surface area contributed by atoms with E-state index >= 15 is 0 Å². The van der Waals surface area contributed by atoms with Crippen molar-refractivity contribution in [1.82, 2.24) is 4.90 Å². The third-order valence-electron chi connectivity index (χ3n) is 6.09. The van der Waals surface area contributed by atoms with Gasteiger partial charge in [0.2, 0.25) is 0 Å². The lowest BCUT2D eigenvalue weighted by molar-refractivity contribution is 0.212. The van der Waals surface area contributed by atoms with Crippen LogP contribution in [0.4, 0.5) is 0 Å². The molecule has 2 aliphatic heterocycles. The average Bonchev–Trinajstić information content (AvgIpc) is 3.22. The third-order valence-corrected chi connectivity index (χ3v) is 6.09. The van der Waals surface area contributed by atoms with Crippen molar-refractivity contribution in [3.63, 3.8) is 0 Å². The van der Waals surface area contributed by atoms with Gasteiger partial charge in [0.05, 0.1) is 18.2 Å². The van der Waals surface area contributed by atoms with E-state index in [4.69, 9.17) is 9.47 Å². The van der Waals surface area contributed by atoms with Crippen LogP contribution in [-0.2, 0) is 13.2 Å². The number of rotatable bonds is 5. The van der Waals surface area contributed by atoms with Crippen LogP contribution in [0, 0.1) is 17.2 Å². The highest BCUT2D eigenvalue weighted by molar-refractivity contribution is 5.85. The van der Waals surface area contributed by atoms with E-state index in [0.717, 1.165) is 37.7 Å². The zero-order valence-electron chi connectivity index (χ0n) is 17.2. The first kappa shape index (κ1) is 21.2. The van der Waals surface area contributed by atoms with Crippen LogP contribution in [-0.4, -0.2) is 24.6 Å². The Hall–Kier alpha value is -3.00. The molecule has 0 aliphatic carbocycles. The molecule has 158 valence electrons. The summed E-state index contributed by atoms with van der Waals surface area (Å²) in [6.45, 7) is 4.28. The molecule has 1 saturated heterocycles. The van der Waals surface area contributed by atoms with Crippen molar-refractivity contribution in [1.29, 1.82) is 5.26 Å². The van der Waals surface area contributed by atoms with Gasteiger partial charge in [0.1, 0.15) is 18.1 Å². The van der Waals surface area contributed by atoms with E-state index in [2.05, 4.69) is 47.4 Å². The molecule has 2 aliphatic rings. The Kier molecular flexibility index (Phi) is 6.46. The highest BCUT2D eigenvalue weighted by atomic mass is 35.5. The Morgan fingerprint density at radius 1 is 0.968 bits per heavy atom. The quantitative estimate of drug-likeness (QED) is 0.558. The van der Waals surface area contributed by atoms with E-state index in [-0.39, 0.29) is 12.4 Å². The van der Waals surface area contributed by atoms with Crippen molar-refractivity contribution in [3.05, 3.63) is 95.1 Å². The van der Waals surface area contributed by atoms with Gasteiger partial charge in [-0.1, -0.05) is 42.5 Å². The standard InChI is InChI=1S/C26H24N2O2.ClH/c27-13-21-8-11-26-24(12-21)25-16-28(15-22(25)18-30-26)14-19-6-9-23(10-7-19)29-17-20-4-2-1-3-5-20;/h1-12,22,25H,14-18H2;1H. The Morgan fingerprint density at radius 3 is 2.55 bits per heavy atom. The first-order valence-corrected chi connectivity index (χ1v) is 10.4. The third kappa shape index (κ3) is 4.69. The van der Waals surface area contributed by atoms with Crippen molar-refractivity contribution in [2.75, 3.05) is 19.7 Å². The molecule has 2 heterocycles.